The van der Waals surface area contributed by atoms with Gasteiger partial charge in [0, 0.05) is 12.0 Å². The molecule has 0 N–H and O–H groups in total. The molecule has 4 nitrogen and oxygen atoms in total. The quantitative estimate of drug-likeness (QED) is 0.793. The lowest BCUT2D eigenvalue weighted by Crippen LogP contribution is -2.43. The van der Waals surface area contributed by atoms with E-state index in [9.17, 15) is 5.26 Å². The summed E-state index contributed by atoms with van der Waals surface area (Å²) in [5, 5.41) is 12.0. The number of nitriles is 1. The standard InChI is InChI=1S/C18H21NO3Si/c1-20-14-7-5-13-6-8-16-17(15(13)11-14)18(12-19,9-10-21-16)22-23(2,3)4/h5-8,11H,9-10H2,1-4H3. The average molecular weight is 327 g/mol. The summed E-state index contributed by atoms with van der Waals surface area (Å²) in [6.45, 7) is 6.80. The third-order valence-electron chi connectivity index (χ3n) is 3.97. The first-order valence-corrected chi connectivity index (χ1v) is 11.1. The number of ether oxygens (including phenoxy) is 2. The largest absolute Gasteiger partial charge is 0.497 e. The first-order valence-electron chi connectivity index (χ1n) is 7.74. The molecule has 2 aromatic carbocycles. The van der Waals surface area contributed by atoms with Crippen LogP contribution >= 0.6 is 0 Å². The molecule has 0 spiro atoms. The summed E-state index contributed by atoms with van der Waals surface area (Å²) < 4.78 is 17.6. The Morgan fingerprint density at radius 2 is 1.96 bits per heavy atom. The van der Waals surface area contributed by atoms with Crippen LogP contribution in [0.5, 0.6) is 11.5 Å². The van der Waals surface area contributed by atoms with Crippen molar-refractivity contribution in [3.05, 3.63) is 35.9 Å². The fourth-order valence-electron chi connectivity index (χ4n) is 3.13. The van der Waals surface area contributed by atoms with E-state index in [1.807, 2.05) is 30.3 Å². The van der Waals surface area contributed by atoms with E-state index in [0.717, 1.165) is 27.8 Å². The van der Waals surface area contributed by atoms with E-state index in [-0.39, 0.29) is 0 Å². The molecule has 1 aliphatic heterocycles. The van der Waals surface area contributed by atoms with Gasteiger partial charge in [0.05, 0.1) is 13.7 Å². The van der Waals surface area contributed by atoms with Crippen LogP contribution < -0.4 is 9.47 Å². The summed E-state index contributed by atoms with van der Waals surface area (Å²) in [6.07, 6.45) is 0.539. The summed E-state index contributed by atoms with van der Waals surface area (Å²) in [5.41, 5.74) is -0.116. The number of hydrogen-bond donors (Lipinski definition) is 0. The molecule has 1 aliphatic rings. The summed E-state index contributed by atoms with van der Waals surface area (Å²) in [6, 6.07) is 12.3. The number of benzene rings is 2. The van der Waals surface area contributed by atoms with Crippen LogP contribution in [0, 0.1) is 11.3 Å². The summed E-state index contributed by atoms with van der Waals surface area (Å²) in [7, 11) is -0.283. The van der Waals surface area contributed by atoms with Gasteiger partial charge in [0.25, 0.3) is 0 Å². The minimum atomic E-state index is -1.92. The molecule has 23 heavy (non-hydrogen) atoms. The second-order valence-electron chi connectivity index (χ2n) is 6.78. The maximum absolute atomic E-state index is 10.00. The van der Waals surface area contributed by atoms with Gasteiger partial charge in [-0.15, -0.1) is 0 Å². The van der Waals surface area contributed by atoms with Crippen molar-refractivity contribution < 1.29 is 13.9 Å². The molecule has 2 aromatic rings. The Morgan fingerprint density at radius 3 is 2.61 bits per heavy atom. The van der Waals surface area contributed by atoms with E-state index in [2.05, 4.69) is 25.7 Å². The molecular weight excluding hydrogens is 306 g/mol. The number of nitrogens with zero attached hydrogens (tertiary/aromatic N) is 1. The molecular formula is C18H21NO3Si. The zero-order valence-electron chi connectivity index (χ0n) is 14.0. The highest BCUT2D eigenvalue weighted by Crippen LogP contribution is 2.45. The molecule has 120 valence electrons. The maximum atomic E-state index is 10.00. The number of fused-ring (bicyclic) bond motifs is 3. The molecule has 0 bridgehead atoms. The van der Waals surface area contributed by atoms with Crippen LogP contribution in [0.25, 0.3) is 10.8 Å². The smallest absolute Gasteiger partial charge is 0.186 e. The van der Waals surface area contributed by atoms with Gasteiger partial charge in [-0.25, -0.2) is 0 Å². The van der Waals surface area contributed by atoms with Gasteiger partial charge in [-0.05, 0) is 48.6 Å². The molecule has 1 atom stereocenters. The fraction of sp³-hybridized carbons (Fsp3) is 0.389. The first kappa shape index (κ1) is 15.8. The van der Waals surface area contributed by atoms with Gasteiger partial charge in [0.2, 0.25) is 0 Å². The number of rotatable bonds is 3. The van der Waals surface area contributed by atoms with Crippen molar-refractivity contribution in [1.29, 1.82) is 5.26 Å². The van der Waals surface area contributed by atoms with Crippen LogP contribution in [-0.2, 0) is 10.0 Å². The fourth-order valence-corrected chi connectivity index (χ4v) is 4.43. The molecule has 0 saturated heterocycles. The number of hydrogen-bond acceptors (Lipinski definition) is 4. The van der Waals surface area contributed by atoms with Crippen LogP contribution in [-0.4, -0.2) is 22.0 Å². The Kier molecular flexibility index (Phi) is 3.83. The van der Waals surface area contributed by atoms with Gasteiger partial charge >= 0.3 is 0 Å². The SMILES string of the molecule is COc1ccc2ccc3c(c2c1)C(C#N)(O[Si](C)(C)C)CCO3. The maximum Gasteiger partial charge on any atom is 0.186 e. The Balaban J connectivity index is 2.30. The molecule has 3 rings (SSSR count). The van der Waals surface area contributed by atoms with Gasteiger partial charge in [0.15, 0.2) is 13.9 Å². The van der Waals surface area contributed by atoms with E-state index in [1.165, 1.54) is 0 Å². The molecule has 0 aliphatic carbocycles. The Bertz CT molecular complexity index is 786. The van der Waals surface area contributed by atoms with E-state index in [1.54, 1.807) is 7.11 Å². The highest BCUT2D eigenvalue weighted by atomic mass is 28.4. The lowest BCUT2D eigenvalue weighted by atomic mass is 9.85. The van der Waals surface area contributed by atoms with Gasteiger partial charge < -0.3 is 13.9 Å². The number of methoxy groups -OCH3 is 1. The minimum Gasteiger partial charge on any atom is -0.497 e. The van der Waals surface area contributed by atoms with Crippen molar-refractivity contribution in [1.82, 2.24) is 0 Å². The zero-order valence-corrected chi connectivity index (χ0v) is 15.0. The van der Waals surface area contributed by atoms with Gasteiger partial charge in [0.1, 0.15) is 17.6 Å². The molecule has 5 heteroatoms. The van der Waals surface area contributed by atoms with E-state index in [0.29, 0.717) is 13.0 Å². The monoisotopic (exact) mass is 327 g/mol. The normalized spacial score (nSPS) is 20.5. The van der Waals surface area contributed by atoms with Crippen LogP contribution in [0.1, 0.15) is 12.0 Å². The second kappa shape index (κ2) is 5.55. The lowest BCUT2D eigenvalue weighted by molar-refractivity contribution is 0.0681. The average Bonchev–Trinajstić information content (AvgIpc) is 2.52. The summed E-state index contributed by atoms with van der Waals surface area (Å²) >= 11 is 0. The highest BCUT2D eigenvalue weighted by Gasteiger charge is 2.43. The predicted molar refractivity (Wildman–Crippen MR) is 92.3 cm³/mol. The Hall–Kier alpha value is -2.03. The molecule has 0 saturated carbocycles. The molecule has 0 amide bonds. The van der Waals surface area contributed by atoms with Gasteiger partial charge in [-0.1, -0.05) is 12.1 Å². The van der Waals surface area contributed by atoms with Crippen LogP contribution in [0.4, 0.5) is 0 Å². The van der Waals surface area contributed by atoms with Crippen molar-refractivity contribution >= 4 is 19.1 Å². The predicted octanol–water partition coefficient (Wildman–Crippen LogP) is 4.20. The lowest BCUT2D eigenvalue weighted by Gasteiger charge is -2.38. The van der Waals surface area contributed by atoms with Crippen LogP contribution in [0.15, 0.2) is 30.3 Å². The van der Waals surface area contributed by atoms with Crippen molar-refractivity contribution in [2.45, 2.75) is 31.7 Å². The topological polar surface area (TPSA) is 51.5 Å². The Morgan fingerprint density at radius 1 is 1.22 bits per heavy atom. The zero-order chi connectivity index (χ0) is 16.7. The summed E-state index contributed by atoms with van der Waals surface area (Å²) in [4.78, 5) is 0. The second-order valence-corrected chi connectivity index (χ2v) is 11.2. The molecule has 0 fully saturated rings. The first-order chi connectivity index (χ1) is 10.9. The van der Waals surface area contributed by atoms with E-state index < -0.39 is 13.9 Å². The minimum absolute atomic E-state index is 0.487. The molecule has 1 heterocycles. The summed E-state index contributed by atoms with van der Waals surface area (Å²) in [5.74, 6) is 1.49. The molecule has 1 unspecified atom stereocenters. The van der Waals surface area contributed by atoms with E-state index in [4.69, 9.17) is 13.9 Å². The van der Waals surface area contributed by atoms with Crippen molar-refractivity contribution in [2.24, 2.45) is 0 Å². The van der Waals surface area contributed by atoms with Crippen LogP contribution in [0.2, 0.25) is 19.6 Å². The van der Waals surface area contributed by atoms with Crippen molar-refractivity contribution in [3.63, 3.8) is 0 Å². The van der Waals surface area contributed by atoms with Gasteiger partial charge in [-0.3, -0.25) is 0 Å². The third-order valence-corrected chi connectivity index (χ3v) is 4.93. The molecule has 0 aromatic heterocycles. The van der Waals surface area contributed by atoms with Crippen molar-refractivity contribution in [3.8, 4) is 17.6 Å². The van der Waals surface area contributed by atoms with Crippen LogP contribution in [0.3, 0.4) is 0 Å². The third kappa shape index (κ3) is 2.80. The van der Waals surface area contributed by atoms with Crippen molar-refractivity contribution in [2.75, 3.05) is 13.7 Å². The Labute approximate surface area is 137 Å². The molecule has 0 radical (unpaired) electrons. The van der Waals surface area contributed by atoms with Gasteiger partial charge in [-0.2, -0.15) is 5.26 Å². The van der Waals surface area contributed by atoms with E-state index >= 15 is 0 Å². The highest BCUT2D eigenvalue weighted by molar-refractivity contribution is 6.69.